The number of anilines is 2. The molecule has 4 rings (SSSR count). The lowest BCUT2D eigenvalue weighted by Gasteiger charge is -2.29. The molecule has 0 spiro atoms. The first-order valence-corrected chi connectivity index (χ1v) is 11.1. The molecule has 8 heteroatoms. The van der Waals surface area contributed by atoms with E-state index in [1.807, 2.05) is 31.2 Å². The van der Waals surface area contributed by atoms with Crippen molar-refractivity contribution in [3.05, 3.63) is 92.9 Å². The highest BCUT2D eigenvalue weighted by Gasteiger charge is 2.41. The topological polar surface area (TPSA) is 66.5 Å². The molecule has 0 saturated heterocycles. The highest BCUT2D eigenvalue weighted by molar-refractivity contribution is 7.97. The number of thiophene rings is 1. The van der Waals surface area contributed by atoms with E-state index in [-0.39, 0.29) is 11.4 Å². The average Bonchev–Trinajstić information content (AvgIpc) is 3.17. The fraction of sp³-hybridized carbons (Fsp3) is 0.0952. The lowest BCUT2D eigenvalue weighted by atomic mass is 10.1. The van der Waals surface area contributed by atoms with Crippen LogP contribution in [0.4, 0.5) is 15.8 Å². The number of nitrogens with one attached hydrogen (secondary N) is 1. The van der Waals surface area contributed by atoms with E-state index in [1.165, 1.54) is 46.1 Å². The van der Waals surface area contributed by atoms with E-state index in [0.717, 1.165) is 11.1 Å². The minimum Gasteiger partial charge on any atom is -0.360 e. The molecule has 0 unspecified atom stereocenters. The van der Waals surface area contributed by atoms with Crippen LogP contribution in [0.15, 0.2) is 71.1 Å². The van der Waals surface area contributed by atoms with Crippen LogP contribution in [0.3, 0.4) is 0 Å². The Hall–Kier alpha value is -2.97. The molecular formula is C21H17FN2O3S2. The highest BCUT2D eigenvalue weighted by atomic mass is 32.2. The standard InChI is InChI=1S/C21H17FN2O3S2/c1-14-2-4-15(5-3-14)13-24-18-10-11-28-21(18)20(25)19(29(24,26)27)12-23-17-8-6-16(22)7-9-17/h2-12,23H,13H2,1H3. The van der Waals surface area contributed by atoms with Gasteiger partial charge in [-0.3, -0.25) is 9.10 Å². The van der Waals surface area contributed by atoms with Gasteiger partial charge in [0.05, 0.1) is 12.2 Å². The molecule has 0 saturated carbocycles. The third-order valence-corrected chi connectivity index (χ3v) is 7.24. The van der Waals surface area contributed by atoms with Crippen molar-refractivity contribution in [2.75, 3.05) is 9.62 Å². The van der Waals surface area contributed by atoms with E-state index in [9.17, 15) is 17.6 Å². The number of carbonyl (C=O) groups excluding carboxylic acids is 1. The Balaban J connectivity index is 1.73. The Kier molecular flexibility index (Phi) is 4.97. The van der Waals surface area contributed by atoms with Gasteiger partial charge in [-0.25, -0.2) is 12.8 Å². The molecule has 2 aromatic carbocycles. The summed E-state index contributed by atoms with van der Waals surface area (Å²) < 4.78 is 40.9. The van der Waals surface area contributed by atoms with Crippen molar-refractivity contribution in [1.82, 2.24) is 0 Å². The number of hydrogen-bond acceptors (Lipinski definition) is 5. The van der Waals surface area contributed by atoms with Crippen LogP contribution in [0.2, 0.25) is 0 Å². The molecule has 0 amide bonds. The normalized spacial score (nSPS) is 16.7. The molecule has 0 bridgehead atoms. The van der Waals surface area contributed by atoms with E-state index < -0.39 is 21.6 Å². The second kappa shape index (κ2) is 7.46. The number of sulfonamides is 1. The Labute approximate surface area is 172 Å². The van der Waals surface area contributed by atoms with Crippen LogP contribution >= 0.6 is 11.3 Å². The number of halogens is 1. The highest BCUT2D eigenvalue weighted by Crippen LogP contribution is 2.39. The summed E-state index contributed by atoms with van der Waals surface area (Å²) in [5, 5.41) is 4.50. The second-order valence-electron chi connectivity index (χ2n) is 6.62. The molecule has 2 heterocycles. The predicted octanol–water partition coefficient (Wildman–Crippen LogP) is 4.68. The zero-order valence-electron chi connectivity index (χ0n) is 15.4. The Bertz CT molecular complexity index is 1200. The molecule has 0 radical (unpaired) electrons. The lowest BCUT2D eigenvalue weighted by Crippen LogP contribution is -2.38. The number of aryl methyl sites for hydroxylation is 1. The van der Waals surface area contributed by atoms with Crippen LogP contribution in [0, 0.1) is 12.7 Å². The predicted molar refractivity (Wildman–Crippen MR) is 113 cm³/mol. The minimum atomic E-state index is -4.07. The summed E-state index contributed by atoms with van der Waals surface area (Å²) in [4.78, 5) is 12.9. The maximum atomic E-state index is 13.3. The Morgan fingerprint density at radius 2 is 1.76 bits per heavy atom. The number of benzene rings is 2. The van der Waals surface area contributed by atoms with Gasteiger partial charge >= 0.3 is 0 Å². The summed E-state index contributed by atoms with van der Waals surface area (Å²) in [5.41, 5.74) is 2.76. The van der Waals surface area contributed by atoms with Gasteiger partial charge in [0.25, 0.3) is 10.0 Å². The summed E-state index contributed by atoms with van der Waals surface area (Å²) in [6, 6.07) is 14.6. The SMILES string of the molecule is Cc1ccc(CN2c3ccsc3C(=O)C(=CNc3ccc(F)cc3)S2(=O)=O)cc1. The van der Waals surface area contributed by atoms with Gasteiger partial charge in [-0.2, -0.15) is 0 Å². The number of Topliss-reactive ketones (excluding diaryl/α,β-unsaturated/α-hetero) is 1. The van der Waals surface area contributed by atoms with Crippen molar-refractivity contribution >= 4 is 38.5 Å². The van der Waals surface area contributed by atoms with E-state index in [1.54, 1.807) is 11.4 Å². The zero-order chi connectivity index (χ0) is 20.6. The van der Waals surface area contributed by atoms with Crippen molar-refractivity contribution in [3.63, 3.8) is 0 Å². The van der Waals surface area contributed by atoms with Crippen LogP contribution in [-0.2, 0) is 16.6 Å². The third-order valence-electron chi connectivity index (χ3n) is 4.57. The quantitative estimate of drug-likeness (QED) is 0.613. The van der Waals surface area contributed by atoms with Crippen molar-refractivity contribution in [2.45, 2.75) is 13.5 Å². The molecular weight excluding hydrogens is 411 g/mol. The summed E-state index contributed by atoms with van der Waals surface area (Å²) in [6.45, 7) is 2.08. The number of hydrogen-bond donors (Lipinski definition) is 1. The lowest BCUT2D eigenvalue weighted by molar-refractivity contribution is 0.104. The molecule has 5 nitrogen and oxygen atoms in total. The van der Waals surface area contributed by atoms with Crippen molar-refractivity contribution in [3.8, 4) is 0 Å². The minimum absolute atomic E-state index is 0.119. The van der Waals surface area contributed by atoms with Crippen molar-refractivity contribution in [2.24, 2.45) is 0 Å². The number of fused-ring (bicyclic) bond motifs is 1. The van der Waals surface area contributed by atoms with Gasteiger partial charge < -0.3 is 5.32 Å². The second-order valence-corrected chi connectivity index (χ2v) is 9.37. The number of nitrogens with zero attached hydrogens (tertiary/aromatic N) is 1. The number of rotatable bonds is 4. The van der Waals surface area contributed by atoms with E-state index >= 15 is 0 Å². The molecule has 29 heavy (non-hydrogen) atoms. The van der Waals surface area contributed by atoms with Crippen LogP contribution in [-0.4, -0.2) is 14.2 Å². The Morgan fingerprint density at radius 3 is 2.45 bits per heavy atom. The van der Waals surface area contributed by atoms with Gasteiger partial charge in [0, 0.05) is 11.9 Å². The number of allylic oxidation sites excluding steroid dienone is 1. The maximum Gasteiger partial charge on any atom is 0.270 e. The van der Waals surface area contributed by atoms with Crippen LogP contribution < -0.4 is 9.62 Å². The summed E-state index contributed by atoms with van der Waals surface area (Å²) in [5.74, 6) is -0.957. The third kappa shape index (κ3) is 3.68. The van der Waals surface area contributed by atoms with Gasteiger partial charge in [-0.1, -0.05) is 29.8 Å². The molecule has 1 aliphatic heterocycles. The maximum absolute atomic E-state index is 13.3. The van der Waals surface area contributed by atoms with Crippen molar-refractivity contribution in [1.29, 1.82) is 0 Å². The molecule has 0 atom stereocenters. The molecule has 148 valence electrons. The van der Waals surface area contributed by atoms with Crippen LogP contribution in [0.1, 0.15) is 20.8 Å². The summed E-state index contributed by atoms with van der Waals surface area (Å²) >= 11 is 1.20. The van der Waals surface area contributed by atoms with Gasteiger partial charge in [-0.05, 0) is 48.2 Å². The monoisotopic (exact) mass is 428 g/mol. The largest absolute Gasteiger partial charge is 0.360 e. The van der Waals surface area contributed by atoms with Gasteiger partial charge in [0.2, 0.25) is 5.78 Å². The first-order chi connectivity index (χ1) is 13.9. The van der Waals surface area contributed by atoms with E-state index in [4.69, 9.17) is 0 Å². The molecule has 1 N–H and O–H groups in total. The smallest absolute Gasteiger partial charge is 0.270 e. The van der Waals surface area contributed by atoms with Crippen LogP contribution in [0.5, 0.6) is 0 Å². The molecule has 3 aromatic rings. The Morgan fingerprint density at radius 1 is 1.07 bits per heavy atom. The number of ketones is 1. The molecule has 1 aliphatic rings. The van der Waals surface area contributed by atoms with E-state index in [2.05, 4.69) is 5.32 Å². The average molecular weight is 429 g/mol. The first-order valence-electron chi connectivity index (χ1n) is 8.79. The van der Waals surface area contributed by atoms with Gasteiger partial charge in [-0.15, -0.1) is 11.3 Å². The van der Waals surface area contributed by atoms with E-state index in [0.29, 0.717) is 16.3 Å². The first kappa shape index (κ1) is 19.4. The fourth-order valence-electron chi connectivity index (χ4n) is 3.01. The molecule has 0 fully saturated rings. The van der Waals surface area contributed by atoms with Gasteiger partial charge in [0.15, 0.2) is 4.91 Å². The fourth-order valence-corrected chi connectivity index (χ4v) is 5.49. The zero-order valence-corrected chi connectivity index (χ0v) is 17.1. The molecule has 0 aliphatic carbocycles. The van der Waals surface area contributed by atoms with Crippen molar-refractivity contribution < 1.29 is 17.6 Å². The van der Waals surface area contributed by atoms with Gasteiger partial charge in [0.1, 0.15) is 10.7 Å². The summed E-state index contributed by atoms with van der Waals surface area (Å²) in [7, 11) is -4.07. The summed E-state index contributed by atoms with van der Waals surface area (Å²) in [6.07, 6.45) is 1.18. The number of carbonyl (C=O) groups is 1. The van der Waals surface area contributed by atoms with Crippen LogP contribution in [0.25, 0.3) is 0 Å². The molecule has 1 aromatic heterocycles.